The van der Waals surface area contributed by atoms with E-state index >= 15 is 0 Å². The monoisotopic (exact) mass is 326 g/mol. The Bertz CT molecular complexity index is 650. The Balaban J connectivity index is 2.05. The van der Waals surface area contributed by atoms with Crippen molar-refractivity contribution in [3.8, 4) is 0 Å². The molecule has 122 valence electrons. The summed E-state index contributed by atoms with van der Waals surface area (Å²) in [6, 6.07) is 5.22. The highest BCUT2D eigenvalue weighted by atomic mass is 32.2. The number of nitrogens with zero attached hydrogens (tertiary/aromatic N) is 1. The molecule has 2 rings (SSSR count). The highest BCUT2D eigenvalue weighted by molar-refractivity contribution is 7.89. The molecule has 1 aliphatic heterocycles. The summed E-state index contributed by atoms with van der Waals surface area (Å²) in [6.45, 7) is 4.64. The molecule has 1 heterocycles. The number of ether oxygens (including phenoxy) is 1. The number of sulfonamides is 1. The Labute approximate surface area is 131 Å². The van der Waals surface area contributed by atoms with Crippen LogP contribution in [-0.4, -0.2) is 45.7 Å². The number of aryl methyl sites for hydroxylation is 2. The lowest BCUT2D eigenvalue weighted by atomic mass is 10.1. The van der Waals surface area contributed by atoms with E-state index < -0.39 is 10.0 Å². The molecule has 7 heteroatoms. The van der Waals surface area contributed by atoms with Gasteiger partial charge in [0.15, 0.2) is 0 Å². The summed E-state index contributed by atoms with van der Waals surface area (Å²) in [7, 11) is -2.20. The lowest BCUT2D eigenvalue weighted by molar-refractivity contribution is 0.111. The fourth-order valence-electron chi connectivity index (χ4n) is 2.59. The topological polar surface area (TPSA) is 75.7 Å². The minimum absolute atomic E-state index is 0.161. The molecule has 0 aliphatic carbocycles. The maximum Gasteiger partial charge on any atom is 0.409 e. The first kappa shape index (κ1) is 16.8. The van der Waals surface area contributed by atoms with Crippen molar-refractivity contribution in [1.82, 2.24) is 9.62 Å². The summed E-state index contributed by atoms with van der Waals surface area (Å²) >= 11 is 0. The normalized spacial score (nSPS) is 16.6. The molecule has 0 saturated carbocycles. The number of nitrogens with one attached hydrogen (secondary N) is 1. The number of hydrogen-bond acceptors (Lipinski definition) is 4. The van der Waals surface area contributed by atoms with E-state index in [9.17, 15) is 13.2 Å². The van der Waals surface area contributed by atoms with Crippen LogP contribution >= 0.6 is 0 Å². The zero-order valence-corrected chi connectivity index (χ0v) is 13.9. The number of methoxy groups -OCH3 is 1. The molecule has 1 amide bonds. The molecule has 0 aromatic heterocycles. The molecule has 0 atom stereocenters. The second-order valence-electron chi connectivity index (χ2n) is 5.62. The first-order chi connectivity index (χ1) is 10.3. The number of hydrogen-bond donors (Lipinski definition) is 1. The van der Waals surface area contributed by atoms with Crippen molar-refractivity contribution in [3.05, 3.63) is 29.3 Å². The number of carbonyl (C=O) groups excluding carboxylic acids is 1. The number of likely N-dealkylation sites (tertiary alicyclic amines) is 1. The lowest BCUT2D eigenvalue weighted by Crippen LogP contribution is -2.46. The van der Waals surface area contributed by atoms with Gasteiger partial charge in [0.25, 0.3) is 0 Å². The van der Waals surface area contributed by atoms with Gasteiger partial charge in [-0.05, 0) is 43.9 Å². The highest BCUT2D eigenvalue weighted by Crippen LogP contribution is 2.19. The number of amides is 1. The number of benzene rings is 1. The van der Waals surface area contributed by atoms with Crippen molar-refractivity contribution in [2.24, 2.45) is 0 Å². The Morgan fingerprint density at radius 3 is 2.50 bits per heavy atom. The Kier molecular flexibility index (Phi) is 5.08. The largest absolute Gasteiger partial charge is 0.453 e. The molecule has 1 saturated heterocycles. The maximum atomic E-state index is 12.5. The third-order valence-corrected chi connectivity index (χ3v) is 5.55. The van der Waals surface area contributed by atoms with E-state index in [4.69, 9.17) is 0 Å². The molecule has 0 spiro atoms. The fourth-order valence-corrected chi connectivity index (χ4v) is 4.22. The standard InChI is InChI=1S/C15H22N2O4S/c1-11-4-5-12(2)14(10-11)22(19,20)16-13-6-8-17(9-7-13)15(18)21-3/h4-5,10,13,16H,6-9H2,1-3H3. The molecule has 0 radical (unpaired) electrons. The van der Waals surface area contributed by atoms with E-state index in [0.29, 0.717) is 30.8 Å². The summed E-state index contributed by atoms with van der Waals surface area (Å²) in [5, 5.41) is 0. The van der Waals surface area contributed by atoms with Gasteiger partial charge in [-0.2, -0.15) is 0 Å². The van der Waals surface area contributed by atoms with Crippen molar-refractivity contribution in [3.63, 3.8) is 0 Å². The summed E-state index contributed by atoms with van der Waals surface area (Å²) < 4.78 is 32.5. The van der Waals surface area contributed by atoms with Crippen molar-refractivity contribution in [2.45, 2.75) is 37.6 Å². The Morgan fingerprint density at radius 1 is 1.27 bits per heavy atom. The lowest BCUT2D eigenvalue weighted by Gasteiger charge is -2.31. The fraction of sp³-hybridized carbons (Fsp3) is 0.533. The van der Waals surface area contributed by atoms with Gasteiger partial charge in [0, 0.05) is 19.1 Å². The van der Waals surface area contributed by atoms with Gasteiger partial charge >= 0.3 is 6.09 Å². The second kappa shape index (κ2) is 6.66. The van der Waals surface area contributed by atoms with E-state index in [-0.39, 0.29) is 12.1 Å². The summed E-state index contributed by atoms with van der Waals surface area (Å²) in [5.74, 6) is 0. The van der Waals surface area contributed by atoms with Gasteiger partial charge in [-0.25, -0.2) is 17.9 Å². The Morgan fingerprint density at radius 2 is 1.91 bits per heavy atom. The molecular weight excluding hydrogens is 304 g/mol. The predicted octanol–water partition coefficient (Wildman–Crippen LogP) is 1.81. The molecule has 22 heavy (non-hydrogen) atoms. The molecule has 6 nitrogen and oxygen atoms in total. The first-order valence-electron chi connectivity index (χ1n) is 7.26. The molecule has 0 unspecified atom stereocenters. The number of carbonyl (C=O) groups is 1. The minimum atomic E-state index is -3.54. The van der Waals surface area contributed by atoms with Crippen molar-refractivity contribution < 1.29 is 17.9 Å². The van der Waals surface area contributed by atoms with E-state index in [1.54, 1.807) is 17.9 Å². The van der Waals surface area contributed by atoms with Gasteiger partial charge in [0.1, 0.15) is 0 Å². The van der Waals surface area contributed by atoms with Crippen LogP contribution in [0.4, 0.5) is 4.79 Å². The maximum absolute atomic E-state index is 12.5. The van der Waals surface area contributed by atoms with Crippen LogP contribution in [0, 0.1) is 13.8 Å². The Hall–Kier alpha value is -1.60. The third kappa shape index (κ3) is 3.78. The van der Waals surface area contributed by atoms with Crippen LogP contribution in [0.3, 0.4) is 0 Å². The number of piperidine rings is 1. The average Bonchev–Trinajstić information content (AvgIpc) is 2.49. The molecule has 1 aliphatic rings. The van der Waals surface area contributed by atoms with Gasteiger partial charge in [0.05, 0.1) is 12.0 Å². The van der Waals surface area contributed by atoms with E-state index in [2.05, 4.69) is 9.46 Å². The van der Waals surface area contributed by atoms with Crippen LogP contribution in [0.25, 0.3) is 0 Å². The van der Waals surface area contributed by atoms with Gasteiger partial charge in [-0.3, -0.25) is 0 Å². The van der Waals surface area contributed by atoms with Crippen LogP contribution < -0.4 is 4.72 Å². The smallest absolute Gasteiger partial charge is 0.409 e. The van der Waals surface area contributed by atoms with E-state index in [1.807, 2.05) is 19.1 Å². The predicted molar refractivity (Wildman–Crippen MR) is 83.2 cm³/mol. The number of rotatable bonds is 3. The molecular formula is C15H22N2O4S. The second-order valence-corrected chi connectivity index (χ2v) is 7.30. The van der Waals surface area contributed by atoms with Crippen molar-refractivity contribution in [2.75, 3.05) is 20.2 Å². The molecule has 1 aromatic rings. The van der Waals surface area contributed by atoms with Crippen LogP contribution in [0.2, 0.25) is 0 Å². The minimum Gasteiger partial charge on any atom is -0.453 e. The van der Waals surface area contributed by atoms with Gasteiger partial charge in [0.2, 0.25) is 10.0 Å². The van der Waals surface area contributed by atoms with Crippen LogP contribution in [-0.2, 0) is 14.8 Å². The van der Waals surface area contributed by atoms with Crippen LogP contribution in [0.5, 0.6) is 0 Å². The van der Waals surface area contributed by atoms with Gasteiger partial charge in [-0.1, -0.05) is 12.1 Å². The van der Waals surface area contributed by atoms with Crippen LogP contribution in [0.15, 0.2) is 23.1 Å². The van der Waals surface area contributed by atoms with Crippen molar-refractivity contribution >= 4 is 16.1 Å². The average molecular weight is 326 g/mol. The molecule has 1 fully saturated rings. The molecule has 1 N–H and O–H groups in total. The van der Waals surface area contributed by atoms with E-state index in [0.717, 1.165) is 11.1 Å². The van der Waals surface area contributed by atoms with Crippen LogP contribution in [0.1, 0.15) is 24.0 Å². The highest BCUT2D eigenvalue weighted by Gasteiger charge is 2.27. The summed E-state index contributed by atoms with van der Waals surface area (Å²) in [5.41, 5.74) is 1.64. The molecule has 1 aromatic carbocycles. The van der Waals surface area contributed by atoms with Gasteiger partial charge < -0.3 is 9.64 Å². The van der Waals surface area contributed by atoms with Crippen molar-refractivity contribution in [1.29, 1.82) is 0 Å². The summed E-state index contributed by atoms with van der Waals surface area (Å²) in [6.07, 6.45) is 0.800. The SMILES string of the molecule is COC(=O)N1CCC(NS(=O)(=O)c2cc(C)ccc2C)CC1. The zero-order chi connectivity index (χ0) is 16.3. The van der Waals surface area contributed by atoms with Gasteiger partial charge in [-0.15, -0.1) is 0 Å². The zero-order valence-electron chi connectivity index (χ0n) is 13.1. The molecule has 0 bridgehead atoms. The third-order valence-electron chi connectivity index (χ3n) is 3.88. The first-order valence-corrected chi connectivity index (χ1v) is 8.74. The quantitative estimate of drug-likeness (QED) is 0.919. The summed E-state index contributed by atoms with van der Waals surface area (Å²) in [4.78, 5) is 13.3. The van der Waals surface area contributed by atoms with E-state index in [1.165, 1.54) is 7.11 Å².